The molecule has 6 N–H and O–H groups in total. The number of amides is 2. The van der Waals surface area contributed by atoms with Crippen LogP contribution in [0.4, 0.5) is 0 Å². The Morgan fingerprint density at radius 3 is 2.26 bits per heavy atom. The quantitative estimate of drug-likeness (QED) is 0.199. The second-order valence-electron chi connectivity index (χ2n) is 8.47. The number of aliphatic hydroxyl groups excluding tert-OH is 1. The van der Waals surface area contributed by atoms with Gasteiger partial charge in [0.15, 0.2) is 0 Å². The van der Waals surface area contributed by atoms with Crippen molar-refractivity contribution in [3.8, 4) is 11.8 Å². The molecular weight excluding hydrogens is 432 g/mol. The van der Waals surface area contributed by atoms with Gasteiger partial charge in [0.25, 0.3) is 11.8 Å². The molecule has 1 aliphatic rings. The van der Waals surface area contributed by atoms with E-state index >= 15 is 0 Å². The van der Waals surface area contributed by atoms with Crippen LogP contribution in [0.3, 0.4) is 0 Å². The minimum atomic E-state index is -1.26. The van der Waals surface area contributed by atoms with Crippen LogP contribution in [0.15, 0.2) is 48.5 Å². The van der Waals surface area contributed by atoms with Crippen LogP contribution in [0.25, 0.3) is 0 Å². The third-order valence-electron chi connectivity index (χ3n) is 5.75. The fourth-order valence-electron chi connectivity index (χ4n) is 3.74. The number of piperidine rings is 1. The molecule has 3 rings (SSSR count). The first-order chi connectivity index (χ1) is 16.5. The van der Waals surface area contributed by atoms with Gasteiger partial charge in [0.1, 0.15) is 6.04 Å². The van der Waals surface area contributed by atoms with Gasteiger partial charge in [-0.15, -0.1) is 0 Å². The third-order valence-corrected chi connectivity index (χ3v) is 5.75. The Morgan fingerprint density at radius 2 is 1.71 bits per heavy atom. The molecule has 180 valence electrons. The Bertz CT molecular complexity index is 1000. The zero-order valence-electron chi connectivity index (χ0n) is 19.3. The van der Waals surface area contributed by atoms with Gasteiger partial charge in [-0.25, -0.2) is 5.48 Å². The number of hydrogen-bond acceptors (Lipinski definition) is 6. The van der Waals surface area contributed by atoms with Crippen LogP contribution in [0.2, 0.25) is 0 Å². The lowest BCUT2D eigenvalue weighted by atomic mass is 10.0. The van der Waals surface area contributed by atoms with E-state index in [-0.39, 0.29) is 0 Å². The van der Waals surface area contributed by atoms with Crippen LogP contribution in [0, 0.1) is 11.8 Å². The fraction of sp³-hybridized carbons (Fsp3) is 0.385. The number of hydrogen-bond donors (Lipinski definition) is 6. The minimum absolute atomic E-state index is 0.308. The van der Waals surface area contributed by atoms with E-state index in [1.165, 1.54) is 37.2 Å². The predicted octanol–water partition coefficient (Wildman–Crippen LogP) is 1.30. The zero-order valence-corrected chi connectivity index (χ0v) is 19.3. The van der Waals surface area contributed by atoms with Crippen molar-refractivity contribution in [3.05, 3.63) is 70.8 Å². The van der Waals surface area contributed by atoms with Gasteiger partial charge in [0.05, 0.1) is 6.10 Å². The molecular formula is C26H32N4O4. The maximum Gasteiger partial charge on any atom is 0.268 e. The molecule has 0 saturated carbocycles. The summed E-state index contributed by atoms with van der Waals surface area (Å²) in [6.07, 6.45) is 2.64. The number of nitrogens with one attached hydrogen (secondary N) is 4. The molecule has 3 unspecified atom stereocenters. The van der Waals surface area contributed by atoms with Crippen LogP contribution >= 0.6 is 0 Å². The van der Waals surface area contributed by atoms with Crippen LogP contribution in [-0.4, -0.2) is 53.4 Å². The molecule has 0 radical (unpaired) electrons. The van der Waals surface area contributed by atoms with Gasteiger partial charge >= 0.3 is 0 Å². The lowest BCUT2D eigenvalue weighted by molar-refractivity contribution is -0.133. The Kier molecular flexibility index (Phi) is 9.62. The summed E-state index contributed by atoms with van der Waals surface area (Å²) in [5.74, 6) is 4.76. The van der Waals surface area contributed by atoms with Crippen molar-refractivity contribution in [2.75, 3.05) is 13.1 Å². The van der Waals surface area contributed by atoms with Crippen molar-refractivity contribution >= 4 is 11.8 Å². The Morgan fingerprint density at radius 1 is 1.06 bits per heavy atom. The summed E-state index contributed by atoms with van der Waals surface area (Å²) in [5.41, 5.74) is 4.59. The summed E-state index contributed by atoms with van der Waals surface area (Å²) in [5, 5.41) is 27.8. The van der Waals surface area contributed by atoms with Gasteiger partial charge in [-0.05, 0) is 68.3 Å². The minimum Gasteiger partial charge on any atom is -0.391 e. The zero-order chi connectivity index (χ0) is 24.3. The SMILES string of the molecule is CC(O)C(NC(=O)c1ccc(C#Cc2ccc(CNCC3CCCCN3)cc2)cc1)C(=O)NO. The van der Waals surface area contributed by atoms with E-state index in [0.29, 0.717) is 11.6 Å². The predicted molar refractivity (Wildman–Crippen MR) is 129 cm³/mol. The normalized spacial score (nSPS) is 17.1. The highest BCUT2D eigenvalue weighted by Crippen LogP contribution is 2.08. The average Bonchev–Trinajstić information content (AvgIpc) is 2.87. The molecule has 8 heteroatoms. The molecule has 0 bridgehead atoms. The van der Waals surface area contributed by atoms with E-state index in [2.05, 4.69) is 39.9 Å². The van der Waals surface area contributed by atoms with Crippen molar-refractivity contribution in [2.45, 2.75) is 50.9 Å². The van der Waals surface area contributed by atoms with Gasteiger partial charge in [0, 0.05) is 35.8 Å². The second-order valence-corrected chi connectivity index (χ2v) is 8.47. The standard InChI is InChI=1S/C26H32N4O4/c1-18(31)24(26(33)30-34)29-25(32)22-13-11-20(12-14-22)6-5-19-7-9-21(10-8-19)16-27-17-23-4-2-3-15-28-23/h7-14,18,23-24,27-28,31,34H,2-4,15-17H2,1H3,(H,29,32)(H,30,33). The molecule has 0 aliphatic carbocycles. The van der Waals surface area contributed by atoms with Gasteiger partial charge < -0.3 is 21.1 Å². The summed E-state index contributed by atoms with van der Waals surface area (Å²) < 4.78 is 0. The first-order valence-corrected chi connectivity index (χ1v) is 11.5. The van der Waals surface area contributed by atoms with Crippen molar-refractivity contribution in [3.63, 3.8) is 0 Å². The van der Waals surface area contributed by atoms with E-state index < -0.39 is 24.0 Å². The molecule has 3 atom stereocenters. The highest BCUT2D eigenvalue weighted by molar-refractivity contribution is 5.97. The lowest BCUT2D eigenvalue weighted by Crippen LogP contribution is -2.51. The van der Waals surface area contributed by atoms with Crippen LogP contribution in [-0.2, 0) is 11.3 Å². The van der Waals surface area contributed by atoms with Gasteiger partial charge in [-0.2, -0.15) is 0 Å². The first-order valence-electron chi connectivity index (χ1n) is 11.5. The smallest absolute Gasteiger partial charge is 0.268 e. The van der Waals surface area contributed by atoms with Crippen molar-refractivity contribution in [1.82, 2.24) is 21.4 Å². The molecule has 0 aromatic heterocycles. The largest absolute Gasteiger partial charge is 0.391 e. The highest BCUT2D eigenvalue weighted by Gasteiger charge is 2.25. The van der Waals surface area contributed by atoms with E-state index in [0.717, 1.165) is 30.8 Å². The van der Waals surface area contributed by atoms with Gasteiger partial charge in [-0.3, -0.25) is 14.8 Å². The van der Waals surface area contributed by atoms with Gasteiger partial charge in [-0.1, -0.05) is 30.4 Å². The average molecular weight is 465 g/mol. The van der Waals surface area contributed by atoms with Crippen LogP contribution in [0.5, 0.6) is 0 Å². The van der Waals surface area contributed by atoms with Crippen molar-refractivity contribution in [2.24, 2.45) is 0 Å². The summed E-state index contributed by atoms with van der Waals surface area (Å²) >= 11 is 0. The van der Waals surface area contributed by atoms with E-state index in [4.69, 9.17) is 5.21 Å². The Hall–Kier alpha value is -3.22. The summed E-state index contributed by atoms with van der Waals surface area (Å²) in [6, 6.07) is 14.0. The molecule has 1 fully saturated rings. The molecule has 1 heterocycles. The highest BCUT2D eigenvalue weighted by atomic mass is 16.5. The maximum absolute atomic E-state index is 12.3. The monoisotopic (exact) mass is 464 g/mol. The van der Waals surface area contributed by atoms with E-state index in [1.54, 1.807) is 24.3 Å². The Balaban J connectivity index is 1.51. The summed E-state index contributed by atoms with van der Waals surface area (Å²) in [6.45, 7) is 4.26. The van der Waals surface area contributed by atoms with Crippen LogP contribution < -0.4 is 21.4 Å². The number of hydroxylamine groups is 1. The number of carbonyl (C=O) groups is 2. The maximum atomic E-state index is 12.3. The molecule has 34 heavy (non-hydrogen) atoms. The molecule has 2 aromatic carbocycles. The first kappa shape index (κ1) is 25.4. The summed E-state index contributed by atoms with van der Waals surface area (Å²) in [4.78, 5) is 23.9. The van der Waals surface area contributed by atoms with E-state index in [9.17, 15) is 14.7 Å². The molecule has 2 amide bonds. The number of rotatable bonds is 8. The Labute approximate surface area is 200 Å². The number of benzene rings is 2. The fourth-order valence-corrected chi connectivity index (χ4v) is 3.74. The number of carbonyl (C=O) groups excluding carboxylic acids is 2. The number of aliphatic hydroxyl groups is 1. The van der Waals surface area contributed by atoms with Crippen molar-refractivity contribution in [1.29, 1.82) is 0 Å². The molecule has 0 spiro atoms. The molecule has 8 nitrogen and oxygen atoms in total. The summed E-state index contributed by atoms with van der Waals surface area (Å²) in [7, 11) is 0. The molecule has 2 aromatic rings. The van der Waals surface area contributed by atoms with Gasteiger partial charge in [0.2, 0.25) is 0 Å². The second kappa shape index (κ2) is 12.9. The third kappa shape index (κ3) is 7.68. The van der Waals surface area contributed by atoms with Crippen molar-refractivity contribution < 1.29 is 19.9 Å². The van der Waals surface area contributed by atoms with E-state index in [1.807, 2.05) is 12.1 Å². The molecule has 1 aliphatic heterocycles. The molecule has 1 saturated heterocycles. The lowest BCUT2D eigenvalue weighted by Gasteiger charge is -2.23. The topological polar surface area (TPSA) is 123 Å². The van der Waals surface area contributed by atoms with Crippen LogP contribution in [0.1, 0.15) is 53.2 Å².